The quantitative estimate of drug-likeness (QED) is 0.249. The third-order valence-corrected chi connectivity index (χ3v) is 2.88. The molecule has 8 heteroatoms. The fourth-order valence-electron chi connectivity index (χ4n) is 1.67. The SMILES string of the molecule is CN=C(NCCCOCCOC)NCc1ccc(OC)nc1.I. The van der Waals surface area contributed by atoms with Crippen LogP contribution in [-0.4, -0.2) is 58.6 Å². The van der Waals surface area contributed by atoms with Crippen LogP contribution in [0.5, 0.6) is 5.88 Å². The molecule has 0 saturated heterocycles. The molecular formula is C15H27IN4O3. The van der Waals surface area contributed by atoms with Crippen LogP contribution in [0.1, 0.15) is 12.0 Å². The van der Waals surface area contributed by atoms with Gasteiger partial charge in [-0.1, -0.05) is 6.07 Å². The van der Waals surface area contributed by atoms with Gasteiger partial charge < -0.3 is 24.8 Å². The van der Waals surface area contributed by atoms with Crippen molar-refractivity contribution in [2.24, 2.45) is 4.99 Å². The first-order valence-electron chi connectivity index (χ1n) is 7.30. The van der Waals surface area contributed by atoms with Crippen LogP contribution in [0.4, 0.5) is 0 Å². The van der Waals surface area contributed by atoms with E-state index < -0.39 is 0 Å². The van der Waals surface area contributed by atoms with E-state index >= 15 is 0 Å². The van der Waals surface area contributed by atoms with E-state index in [2.05, 4.69) is 20.6 Å². The molecule has 0 aromatic carbocycles. The van der Waals surface area contributed by atoms with Crippen LogP contribution >= 0.6 is 24.0 Å². The van der Waals surface area contributed by atoms with E-state index in [1.807, 2.05) is 12.1 Å². The predicted octanol–water partition coefficient (Wildman–Crippen LogP) is 1.43. The molecule has 7 nitrogen and oxygen atoms in total. The number of nitrogens with one attached hydrogen (secondary N) is 2. The maximum Gasteiger partial charge on any atom is 0.212 e. The molecule has 0 fully saturated rings. The summed E-state index contributed by atoms with van der Waals surface area (Å²) in [5, 5.41) is 6.47. The van der Waals surface area contributed by atoms with Gasteiger partial charge in [-0.15, -0.1) is 24.0 Å². The molecule has 2 N–H and O–H groups in total. The lowest BCUT2D eigenvalue weighted by molar-refractivity contribution is 0.0698. The van der Waals surface area contributed by atoms with Crippen molar-refractivity contribution in [3.8, 4) is 5.88 Å². The summed E-state index contributed by atoms with van der Waals surface area (Å²) in [5.74, 6) is 1.37. The van der Waals surface area contributed by atoms with Gasteiger partial charge >= 0.3 is 0 Å². The van der Waals surface area contributed by atoms with Gasteiger partial charge in [-0.3, -0.25) is 4.99 Å². The Bertz CT molecular complexity index is 429. The molecule has 0 aliphatic heterocycles. The van der Waals surface area contributed by atoms with Gasteiger partial charge in [0.2, 0.25) is 5.88 Å². The van der Waals surface area contributed by atoms with Gasteiger partial charge in [0, 0.05) is 46.1 Å². The maximum absolute atomic E-state index is 5.40. The van der Waals surface area contributed by atoms with Gasteiger partial charge in [0.15, 0.2) is 5.96 Å². The summed E-state index contributed by atoms with van der Waals surface area (Å²) >= 11 is 0. The Balaban J connectivity index is 0.00000484. The van der Waals surface area contributed by atoms with Gasteiger partial charge in [-0.05, 0) is 12.0 Å². The zero-order valence-electron chi connectivity index (χ0n) is 14.0. The first kappa shape index (κ1) is 21.9. The first-order chi connectivity index (χ1) is 10.8. The number of hydrogen-bond donors (Lipinski definition) is 2. The molecule has 1 rings (SSSR count). The van der Waals surface area contributed by atoms with Gasteiger partial charge in [0.05, 0.1) is 20.3 Å². The fraction of sp³-hybridized carbons (Fsp3) is 0.600. The Morgan fingerprint density at radius 2 is 2.00 bits per heavy atom. The van der Waals surface area contributed by atoms with E-state index in [9.17, 15) is 0 Å². The second kappa shape index (κ2) is 14.5. The summed E-state index contributed by atoms with van der Waals surface area (Å²) < 4.78 is 15.3. The summed E-state index contributed by atoms with van der Waals surface area (Å²) in [5.41, 5.74) is 1.06. The third-order valence-electron chi connectivity index (χ3n) is 2.88. The second-order valence-corrected chi connectivity index (χ2v) is 4.52. The number of nitrogens with zero attached hydrogens (tertiary/aromatic N) is 2. The summed E-state index contributed by atoms with van der Waals surface area (Å²) in [6.07, 6.45) is 2.69. The fourth-order valence-corrected chi connectivity index (χ4v) is 1.67. The highest BCUT2D eigenvalue weighted by molar-refractivity contribution is 14.0. The molecule has 0 amide bonds. The summed E-state index contributed by atoms with van der Waals surface area (Å²) in [7, 11) is 5.01. The van der Waals surface area contributed by atoms with Crippen molar-refractivity contribution in [1.29, 1.82) is 0 Å². The van der Waals surface area contributed by atoms with Crippen molar-refractivity contribution in [2.75, 3.05) is 47.6 Å². The Morgan fingerprint density at radius 3 is 2.61 bits per heavy atom. The number of methoxy groups -OCH3 is 2. The summed E-state index contributed by atoms with van der Waals surface area (Å²) in [6.45, 7) is 3.42. The van der Waals surface area contributed by atoms with E-state index in [1.165, 1.54) is 0 Å². The van der Waals surface area contributed by atoms with Crippen LogP contribution in [0.3, 0.4) is 0 Å². The Hall–Kier alpha value is -1.13. The monoisotopic (exact) mass is 438 g/mol. The molecule has 0 atom stereocenters. The second-order valence-electron chi connectivity index (χ2n) is 4.52. The molecule has 1 aromatic rings. The molecule has 1 aromatic heterocycles. The molecule has 0 unspecified atom stereocenters. The van der Waals surface area contributed by atoms with Crippen LogP contribution in [0.2, 0.25) is 0 Å². The van der Waals surface area contributed by atoms with Crippen molar-refractivity contribution in [1.82, 2.24) is 15.6 Å². The van der Waals surface area contributed by atoms with E-state index in [1.54, 1.807) is 27.5 Å². The minimum Gasteiger partial charge on any atom is -0.481 e. The highest BCUT2D eigenvalue weighted by Gasteiger charge is 1.99. The average Bonchev–Trinajstić information content (AvgIpc) is 2.57. The first-order valence-corrected chi connectivity index (χ1v) is 7.30. The number of aliphatic imine (C=N–C) groups is 1. The lowest BCUT2D eigenvalue weighted by Crippen LogP contribution is -2.37. The highest BCUT2D eigenvalue weighted by Crippen LogP contribution is 2.05. The van der Waals surface area contributed by atoms with E-state index in [0.717, 1.165) is 24.5 Å². The highest BCUT2D eigenvalue weighted by atomic mass is 127. The minimum atomic E-state index is 0. The van der Waals surface area contributed by atoms with Gasteiger partial charge in [-0.2, -0.15) is 0 Å². The van der Waals surface area contributed by atoms with Crippen LogP contribution in [0.25, 0.3) is 0 Å². The lowest BCUT2D eigenvalue weighted by Gasteiger charge is -2.12. The number of halogens is 1. The number of ether oxygens (including phenoxy) is 3. The predicted molar refractivity (Wildman–Crippen MR) is 102 cm³/mol. The molecule has 0 bridgehead atoms. The maximum atomic E-state index is 5.40. The summed E-state index contributed by atoms with van der Waals surface area (Å²) in [4.78, 5) is 8.34. The molecule has 0 aliphatic carbocycles. The third kappa shape index (κ3) is 10.3. The zero-order valence-corrected chi connectivity index (χ0v) is 16.3. The van der Waals surface area contributed by atoms with E-state index in [0.29, 0.717) is 32.2 Å². The number of pyridine rings is 1. The van der Waals surface area contributed by atoms with Crippen molar-refractivity contribution in [3.05, 3.63) is 23.9 Å². The minimum absolute atomic E-state index is 0. The lowest BCUT2D eigenvalue weighted by atomic mass is 10.3. The molecule has 1 heterocycles. The number of aromatic nitrogens is 1. The van der Waals surface area contributed by atoms with Crippen LogP contribution in [0.15, 0.2) is 23.3 Å². The molecule has 0 radical (unpaired) electrons. The number of rotatable bonds is 10. The molecule has 132 valence electrons. The number of hydrogen-bond acceptors (Lipinski definition) is 5. The van der Waals surface area contributed by atoms with Crippen LogP contribution in [-0.2, 0) is 16.0 Å². The smallest absolute Gasteiger partial charge is 0.212 e. The van der Waals surface area contributed by atoms with Crippen LogP contribution < -0.4 is 15.4 Å². The van der Waals surface area contributed by atoms with Crippen molar-refractivity contribution < 1.29 is 14.2 Å². The Kier molecular flexibility index (Phi) is 13.8. The number of guanidine groups is 1. The molecule has 23 heavy (non-hydrogen) atoms. The van der Waals surface area contributed by atoms with E-state index in [-0.39, 0.29) is 24.0 Å². The zero-order chi connectivity index (χ0) is 16.0. The van der Waals surface area contributed by atoms with Gasteiger partial charge in [-0.25, -0.2) is 4.98 Å². The van der Waals surface area contributed by atoms with Gasteiger partial charge in [0.1, 0.15) is 0 Å². The van der Waals surface area contributed by atoms with Crippen molar-refractivity contribution in [3.63, 3.8) is 0 Å². The standard InChI is InChI=1S/C15H26N4O3.HI/c1-16-15(17-7-4-8-22-10-9-20-2)19-12-13-5-6-14(21-3)18-11-13;/h5-6,11H,4,7-10,12H2,1-3H3,(H2,16,17,19);1H. The summed E-state index contributed by atoms with van der Waals surface area (Å²) in [6, 6.07) is 3.81. The topological polar surface area (TPSA) is 77.0 Å². The average molecular weight is 438 g/mol. The normalized spacial score (nSPS) is 10.8. The van der Waals surface area contributed by atoms with Crippen LogP contribution in [0, 0.1) is 0 Å². The molecule has 0 saturated carbocycles. The van der Waals surface area contributed by atoms with Gasteiger partial charge in [0.25, 0.3) is 0 Å². The Labute approximate surface area is 155 Å². The largest absolute Gasteiger partial charge is 0.481 e. The molecule has 0 aliphatic rings. The van der Waals surface area contributed by atoms with Crippen molar-refractivity contribution in [2.45, 2.75) is 13.0 Å². The Morgan fingerprint density at radius 1 is 1.17 bits per heavy atom. The van der Waals surface area contributed by atoms with E-state index in [4.69, 9.17) is 14.2 Å². The van der Waals surface area contributed by atoms with Crippen molar-refractivity contribution >= 4 is 29.9 Å². The molecular weight excluding hydrogens is 411 g/mol. The molecule has 0 spiro atoms.